The molecule has 142 valence electrons. The molecule has 0 saturated carbocycles. The summed E-state index contributed by atoms with van der Waals surface area (Å²) in [5, 5.41) is 0. The van der Waals surface area contributed by atoms with E-state index in [4.69, 9.17) is 9.72 Å². The molecule has 1 fully saturated rings. The third kappa shape index (κ3) is 3.34. The lowest BCUT2D eigenvalue weighted by Gasteiger charge is -2.27. The summed E-state index contributed by atoms with van der Waals surface area (Å²) in [6.07, 6.45) is 7.33. The van der Waals surface area contributed by atoms with Crippen molar-refractivity contribution in [1.29, 1.82) is 0 Å². The number of aromatic amines is 1. The zero-order valence-corrected chi connectivity index (χ0v) is 16.1. The second-order valence-electron chi connectivity index (χ2n) is 7.57. The molecule has 0 spiro atoms. The highest BCUT2D eigenvalue weighted by atomic mass is 16.5. The van der Waals surface area contributed by atoms with E-state index in [2.05, 4.69) is 70.3 Å². The molecule has 1 atom stereocenters. The maximum Gasteiger partial charge on any atom is 0.138 e. The predicted octanol–water partition coefficient (Wildman–Crippen LogP) is 4.18. The van der Waals surface area contributed by atoms with Crippen LogP contribution in [0, 0.1) is 5.92 Å². The average molecular weight is 372 g/mol. The fourth-order valence-electron chi connectivity index (χ4n) is 3.86. The van der Waals surface area contributed by atoms with Crippen LogP contribution >= 0.6 is 0 Å². The summed E-state index contributed by atoms with van der Waals surface area (Å²) in [4.78, 5) is 15.2. The number of imidazole rings is 1. The van der Waals surface area contributed by atoms with Gasteiger partial charge in [-0.05, 0) is 36.1 Å². The minimum Gasteiger partial charge on any atom is -0.378 e. The molecule has 3 heterocycles. The van der Waals surface area contributed by atoms with Crippen molar-refractivity contribution in [1.82, 2.24) is 15.0 Å². The third-order valence-electron chi connectivity index (χ3n) is 5.49. The summed E-state index contributed by atoms with van der Waals surface area (Å²) in [7, 11) is 0. The summed E-state index contributed by atoms with van der Waals surface area (Å²) >= 11 is 0. The minimum absolute atomic E-state index is 0.566. The summed E-state index contributed by atoms with van der Waals surface area (Å²) in [6, 6.07) is 12.8. The first-order chi connectivity index (χ1) is 13.8. The number of hydrogen-bond acceptors (Lipinski definition) is 4. The highest BCUT2D eigenvalue weighted by Gasteiger charge is 2.16. The number of aromatic nitrogens is 3. The van der Waals surface area contributed by atoms with Crippen LogP contribution < -0.4 is 4.90 Å². The number of ether oxygens (including phenoxy) is 1. The van der Waals surface area contributed by atoms with E-state index < -0.39 is 0 Å². The second kappa shape index (κ2) is 7.24. The number of nitrogens with zero attached hydrogens (tertiary/aromatic N) is 3. The number of benzene rings is 1. The Morgan fingerprint density at radius 2 is 1.75 bits per heavy atom. The number of hydrogen-bond donors (Lipinski definition) is 1. The van der Waals surface area contributed by atoms with Crippen LogP contribution in [0.2, 0.25) is 0 Å². The van der Waals surface area contributed by atoms with Gasteiger partial charge in [-0.25, -0.2) is 9.97 Å². The smallest absolute Gasteiger partial charge is 0.138 e. The first-order valence-corrected chi connectivity index (χ1v) is 9.93. The number of pyridine rings is 1. The molecule has 2 aromatic heterocycles. The van der Waals surface area contributed by atoms with E-state index in [-0.39, 0.29) is 0 Å². The summed E-state index contributed by atoms with van der Waals surface area (Å²) in [5.41, 5.74) is 5.70. The fraction of sp³-hybridized carbons (Fsp3) is 0.304. The van der Waals surface area contributed by atoms with Crippen LogP contribution in [-0.4, -0.2) is 41.3 Å². The molecule has 1 unspecified atom stereocenters. The first kappa shape index (κ1) is 17.2. The second-order valence-corrected chi connectivity index (χ2v) is 7.57. The molecule has 5 rings (SSSR count). The highest BCUT2D eigenvalue weighted by Crippen LogP contribution is 2.27. The van der Waals surface area contributed by atoms with Crippen molar-refractivity contribution < 1.29 is 4.74 Å². The van der Waals surface area contributed by atoms with Crippen molar-refractivity contribution in [3.05, 3.63) is 60.1 Å². The molecule has 0 amide bonds. The number of morpholine rings is 1. The van der Waals surface area contributed by atoms with Gasteiger partial charge < -0.3 is 14.6 Å². The molecule has 1 saturated heterocycles. The number of allylic oxidation sites excluding steroid dienone is 1. The molecule has 1 aromatic carbocycles. The zero-order chi connectivity index (χ0) is 18.9. The fourth-order valence-corrected chi connectivity index (χ4v) is 3.86. The lowest BCUT2D eigenvalue weighted by atomic mass is 9.99. The van der Waals surface area contributed by atoms with Crippen LogP contribution in [0.4, 0.5) is 5.82 Å². The van der Waals surface area contributed by atoms with Crippen molar-refractivity contribution in [2.24, 2.45) is 5.92 Å². The normalized spacial score (nSPS) is 18.9. The van der Waals surface area contributed by atoms with Crippen LogP contribution in [0.25, 0.3) is 28.6 Å². The van der Waals surface area contributed by atoms with Gasteiger partial charge in [-0.3, -0.25) is 0 Å². The van der Waals surface area contributed by atoms with Gasteiger partial charge >= 0.3 is 0 Å². The van der Waals surface area contributed by atoms with Gasteiger partial charge in [0, 0.05) is 36.1 Å². The molecule has 5 heteroatoms. The van der Waals surface area contributed by atoms with Crippen molar-refractivity contribution >= 4 is 11.9 Å². The number of H-pyrrole nitrogens is 1. The lowest BCUT2D eigenvalue weighted by molar-refractivity contribution is 0.122. The molecule has 0 radical (unpaired) electrons. The highest BCUT2D eigenvalue weighted by molar-refractivity contribution is 5.69. The van der Waals surface area contributed by atoms with Gasteiger partial charge in [-0.15, -0.1) is 0 Å². The Kier molecular flexibility index (Phi) is 4.45. The molecule has 28 heavy (non-hydrogen) atoms. The zero-order valence-electron chi connectivity index (χ0n) is 16.1. The molecule has 3 aromatic rings. The Balaban J connectivity index is 1.34. The Morgan fingerprint density at radius 1 is 1.00 bits per heavy atom. The quantitative estimate of drug-likeness (QED) is 0.749. The van der Waals surface area contributed by atoms with Crippen LogP contribution in [0.5, 0.6) is 0 Å². The van der Waals surface area contributed by atoms with E-state index in [9.17, 15) is 0 Å². The van der Waals surface area contributed by atoms with Crippen LogP contribution in [0.1, 0.15) is 18.3 Å². The van der Waals surface area contributed by atoms with E-state index in [1.807, 2.05) is 6.20 Å². The molecule has 1 N–H and O–H groups in total. The number of anilines is 1. The number of rotatable bonds is 3. The molecule has 1 aliphatic carbocycles. The van der Waals surface area contributed by atoms with E-state index >= 15 is 0 Å². The Morgan fingerprint density at radius 3 is 2.50 bits per heavy atom. The number of fused-ring (bicyclic) bond motifs is 1. The Hall–Kier alpha value is -2.92. The maximum atomic E-state index is 5.41. The van der Waals surface area contributed by atoms with Crippen molar-refractivity contribution in [2.45, 2.75) is 13.3 Å². The van der Waals surface area contributed by atoms with E-state index in [0.717, 1.165) is 66.8 Å². The van der Waals surface area contributed by atoms with Crippen molar-refractivity contribution in [3.8, 4) is 22.5 Å². The van der Waals surface area contributed by atoms with Gasteiger partial charge in [-0.2, -0.15) is 0 Å². The first-order valence-electron chi connectivity index (χ1n) is 9.93. The van der Waals surface area contributed by atoms with Crippen LogP contribution in [0.15, 0.2) is 48.7 Å². The van der Waals surface area contributed by atoms with Gasteiger partial charge in [0.05, 0.1) is 18.9 Å². The molecular formula is C23H24N4O. The third-order valence-corrected chi connectivity index (χ3v) is 5.49. The summed E-state index contributed by atoms with van der Waals surface area (Å²) in [6.45, 7) is 5.59. The molecule has 5 nitrogen and oxygen atoms in total. The molecule has 1 aliphatic heterocycles. The van der Waals surface area contributed by atoms with Crippen molar-refractivity contribution in [3.63, 3.8) is 0 Å². The predicted molar refractivity (Wildman–Crippen MR) is 112 cm³/mol. The summed E-state index contributed by atoms with van der Waals surface area (Å²) in [5.74, 6) is 2.53. The van der Waals surface area contributed by atoms with Crippen molar-refractivity contribution in [2.75, 3.05) is 31.2 Å². The maximum absolute atomic E-state index is 5.41. The minimum atomic E-state index is 0.566. The molecule has 0 bridgehead atoms. The van der Waals surface area contributed by atoms with E-state index in [1.165, 1.54) is 5.69 Å². The van der Waals surface area contributed by atoms with Gasteiger partial charge in [-0.1, -0.05) is 37.3 Å². The SMILES string of the molecule is CC1C=Cc2nc(-c3ccc(-c4ccc(N5CCOCC5)nc4)cc3)[nH]c2C1. The van der Waals surface area contributed by atoms with Gasteiger partial charge in [0.1, 0.15) is 11.6 Å². The van der Waals surface area contributed by atoms with E-state index in [0.29, 0.717) is 5.92 Å². The van der Waals surface area contributed by atoms with Crippen LogP contribution in [-0.2, 0) is 11.2 Å². The molecular weight excluding hydrogens is 348 g/mol. The standard InChI is InChI=1S/C23H24N4O/c1-16-2-8-20-21(14-16)26-23(25-20)18-5-3-17(4-6-18)19-7-9-22(24-15-19)27-10-12-28-13-11-27/h2-9,15-16H,10-14H2,1H3,(H,25,26). The topological polar surface area (TPSA) is 54.0 Å². The number of nitrogens with one attached hydrogen (secondary N) is 1. The lowest BCUT2D eigenvalue weighted by Crippen LogP contribution is -2.36. The average Bonchev–Trinajstić information content (AvgIpc) is 3.18. The largest absolute Gasteiger partial charge is 0.378 e. The van der Waals surface area contributed by atoms with Gasteiger partial charge in [0.25, 0.3) is 0 Å². The molecule has 2 aliphatic rings. The Bertz CT molecular complexity index is 982. The summed E-state index contributed by atoms with van der Waals surface area (Å²) < 4.78 is 5.41. The van der Waals surface area contributed by atoms with E-state index in [1.54, 1.807) is 0 Å². The monoisotopic (exact) mass is 372 g/mol. The Labute approximate surface area is 165 Å². The van der Waals surface area contributed by atoms with Gasteiger partial charge in [0.2, 0.25) is 0 Å². The van der Waals surface area contributed by atoms with Crippen LogP contribution in [0.3, 0.4) is 0 Å². The van der Waals surface area contributed by atoms with Gasteiger partial charge in [0.15, 0.2) is 0 Å².